The number of nitrogens with zero attached hydrogens (tertiary/aromatic N) is 5. The van der Waals surface area contributed by atoms with E-state index in [1.165, 1.54) is 0 Å². The van der Waals surface area contributed by atoms with Crippen LogP contribution in [0.1, 0.15) is 34.9 Å². The average Bonchev–Trinajstić information content (AvgIpc) is 3.60. The lowest BCUT2D eigenvalue weighted by atomic mass is 10.2. The number of amides is 1. The van der Waals surface area contributed by atoms with Crippen molar-refractivity contribution in [1.82, 2.24) is 14.9 Å². The van der Waals surface area contributed by atoms with Crippen LogP contribution in [-0.2, 0) is 11.9 Å². The summed E-state index contributed by atoms with van der Waals surface area (Å²) in [5.41, 5.74) is -0.0855. The Bertz CT molecular complexity index is 1260. The Kier molecular flexibility index (Phi) is 7.52. The minimum Gasteiger partial charge on any atom is -0.455 e. The molecule has 0 radical (unpaired) electrons. The summed E-state index contributed by atoms with van der Waals surface area (Å²) < 4.78 is 46.6. The van der Waals surface area contributed by atoms with Gasteiger partial charge in [-0.3, -0.25) is 4.79 Å². The fourth-order valence-corrected chi connectivity index (χ4v) is 5.45. The highest BCUT2D eigenvalue weighted by atomic mass is 35.5. The van der Waals surface area contributed by atoms with E-state index in [9.17, 15) is 18.0 Å². The molecule has 2 fully saturated rings. The van der Waals surface area contributed by atoms with Crippen molar-refractivity contribution in [2.24, 2.45) is 0 Å². The van der Waals surface area contributed by atoms with Crippen molar-refractivity contribution in [2.75, 3.05) is 49.1 Å². The highest BCUT2D eigenvalue weighted by molar-refractivity contribution is 7.98. The number of hydrogen-bond donors (Lipinski definition) is 0. The third-order valence-electron chi connectivity index (χ3n) is 6.39. The van der Waals surface area contributed by atoms with E-state index in [1.54, 1.807) is 17.0 Å². The summed E-state index contributed by atoms with van der Waals surface area (Å²) in [5, 5.41) is 0.640. The molecule has 7 nitrogen and oxygen atoms in total. The summed E-state index contributed by atoms with van der Waals surface area (Å²) in [5.74, 6) is 0.979. The Morgan fingerprint density at radius 3 is 2.38 bits per heavy atom. The zero-order valence-corrected chi connectivity index (χ0v) is 21.5. The molecule has 2 aliphatic rings. The number of carbonyl (C=O) groups excluding carboxylic acids is 1. The molecule has 196 valence electrons. The molecule has 0 saturated carbocycles. The molecule has 1 aromatic carbocycles. The average molecular weight is 552 g/mol. The van der Waals surface area contributed by atoms with E-state index in [-0.39, 0.29) is 28.4 Å². The molecule has 1 amide bonds. The molecule has 0 atom stereocenters. The maximum Gasteiger partial charge on any atom is 0.433 e. The summed E-state index contributed by atoms with van der Waals surface area (Å²) in [6.45, 7) is 3.58. The Morgan fingerprint density at radius 1 is 0.973 bits per heavy atom. The second kappa shape index (κ2) is 10.8. The molecule has 2 aliphatic heterocycles. The molecular formula is C25H25ClF3N5O2S. The van der Waals surface area contributed by atoms with Gasteiger partial charge in [0.1, 0.15) is 11.6 Å². The van der Waals surface area contributed by atoms with E-state index >= 15 is 0 Å². The monoisotopic (exact) mass is 551 g/mol. The first kappa shape index (κ1) is 25.7. The number of piperazine rings is 1. The van der Waals surface area contributed by atoms with Gasteiger partial charge in [-0.1, -0.05) is 35.5 Å². The van der Waals surface area contributed by atoms with E-state index in [2.05, 4.69) is 14.9 Å². The topological polar surface area (TPSA) is 65.7 Å². The highest BCUT2D eigenvalue weighted by Gasteiger charge is 2.35. The lowest BCUT2D eigenvalue weighted by Gasteiger charge is -2.37. The van der Waals surface area contributed by atoms with Crippen LogP contribution in [0.2, 0.25) is 5.02 Å². The van der Waals surface area contributed by atoms with Gasteiger partial charge in [0.2, 0.25) is 0 Å². The van der Waals surface area contributed by atoms with Gasteiger partial charge in [0.05, 0.1) is 16.5 Å². The van der Waals surface area contributed by atoms with Crippen LogP contribution < -0.4 is 9.80 Å². The second-order valence-electron chi connectivity index (χ2n) is 8.87. The minimum absolute atomic E-state index is 0.00202. The number of rotatable bonds is 6. The highest BCUT2D eigenvalue weighted by Crippen LogP contribution is 2.33. The van der Waals surface area contributed by atoms with Gasteiger partial charge in [0, 0.05) is 45.3 Å². The number of carbonyl (C=O) groups is 1. The van der Waals surface area contributed by atoms with Crippen molar-refractivity contribution in [3.8, 4) is 0 Å². The fraction of sp³-hybridized carbons (Fsp3) is 0.400. The lowest BCUT2D eigenvalue weighted by Crippen LogP contribution is -2.47. The fourth-order valence-electron chi connectivity index (χ4n) is 4.45. The first-order chi connectivity index (χ1) is 17.8. The summed E-state index contributed by atoms with van der Waals surface area (Å²) in [6, 6.07) is 11.8. The third-order valence-corrected chi connectivity index (χ3v) is 7.58. The number of aromatic nitrogens is 2. The number of halogens is 4. The number of furan rings is 1. The van der Waals surface area contributed by atoms with Crippen molar-refractivity contribution in [3.05, 3.63) is 64.7 Å². The van der Waals surface area contributed by atoms with Crippen molar-refractivity contribution in [1.29, 1.82) is 0 Å². The van der Waals surface area contributed by atoms with Gasteiger partial charge >= 0.3 is 6.18 Å². The minimum atomic E-state index is -4.60. The van der Waals surface area contributed by atoms with Gasteiger partial charge in [0.15, 0.2) is 16.6 Å². The van der Waals surface area contributed by atoms with Crippen molar-refractivity contribution < 1.29 is 22.4 Å². The molecule has 5 rings (SSSR count). The second-order valence-corrected chi connectivity index (χ2v) is 10.2. The molecule has 0 unspecified atom stereocenters. The maximum atomic E-state index is 13.6. The lowest BCUT2D eigenvalue weighted by molar-refractivity contribution is -0.141. The van der Waals surface area contributed by atoms with Gasteiger partial charge in [0.25, 0.3) is 5.91 Å². The van der Waals surface area contributed by atoms with Gasteiger partial charge in [-0.15, -0.1) is 0 Å². The molecule has 3 aromatic rings. The molecular weight excluding hydrogens is 527 g/mol. The van der Waals surface area contributed by atoms with Gasteiger partial charge in [-0.05, 0) is 37.1 Å². The number of benzene rings is 1. The largest absolute Gasteiger partial charge is 0.455 e. The molecule has 12 heteroatoms. The SMILES string of the molecule is O=C(c1ccc(CSc2nc(N3CCN(c4ccccc4Cl)CC3)cc(C(F)(F)F)n2)o1)N1CCCC1. The normalized spacial score (nSPS) is 16.5. The quantitative estimate of drug-likeness (QED) is 0.292. The first-order valence-corrected chi connectivity index (χ1v) is 13.4. The van der Waals surface area contributed by atoms with E-state index in [0.29, 0.717) is 50.1 Å². The van der Waals surface area contributed by atoms with Crippen molar-refractivity contribution in [3.63, 3.8) is 0 Å². The Balaban J connectivity index is 1.28. The van der Waals surface area contributed by atoms with Crippen molar-refractivity contribution in [2.45, 2.75) is 29.9 Å². The number of thioether (sulfide) groups is 1. The van der Waals surface area contributed by atoms with Crippen LogP contribution in [0.5, 0.6) is 0 Å². The Labute approximate surface area is 221 Å². The summed E-state index contributed by atoms with van der Waals surface area (Å²) in [4.78, 5) is 26.3. The number of anilines is 2. The van der Waals surface area contributed by atoms with E-state index < -0.39 is 11.9 Å². The molecule has 0 bridgehead atoms. The van der Waals surface area contributed by atoms with Crippen LogP contribution >= 0.6 is 23.4 Å². The predicted octanol–water partition coefficient (Wildman–Crippen LogP) is 5.60. The summed E-state index contributed by atoms with van der Waals surface area (Å²) in [7, 11) is 0. The molecule has 37 heavy (non-hydrogen) atoms. The van der Waals surface area contributed by atoms with Crippen LogP contribution in [0.3, 0.4) is 0 Å². The zero-order chi connectivity index (χ0) is 26.0. The van der Waals surface area contributed by atoms with Crippen LogP contribution in [0.15, 0.2) is 52.0 Å². The number of para-hydroxylation sites is 1. The molecule has 2 saturated heterocycles. The standard InChI is InChI=1S/C25H25ClF3N5O2S/c26-18-5-1-2-6-19(18)32-11-13-33(14-12-32)22-15-21(25(27,28)29)30-24(31-22)37-16-17-7-8-20(36-17)23(35)34-9-3-4-10-34/h1-2,5-8,15H,3-4,9-14,16H2. The first-order valence-electron chi connectivity index (χ1n) is 12.0. The van der Waals surface area contributed by atoms with E-state index in [0.717, 1.165) is 36.4 Å². The number of hydrogen-bond acceptors (Lipinski definition) is 7. The number of alkyl halides is 3. The number of likely N-dealkylation sites (tertiary alicyclic amines) is 1. The molecule has 0 spiro atoms. The van der Waals surface area contributed by atoms with E-state index in [4.69, 9.17) is 16.0 Å². The van der Waals surface area contributed by atoms with Crippen LogP contribution in [0.4, 0.5) is 24.7 Å². The zero-order valence-electron chi connectivity index (χ0n) is 19.9. The maximum absolute atomic E-state index is 13.6. The Morgan fingerprint density at radius 2 is 1.68 bits per heavy atom. The smallest absolute Gasteiger partial charge is 0.433 e. The molecule has 0 aliphatic carbocycles. The van der Waals surface area contributed by atoms with Crippen molar-refractivity contribution >= 4 is 40.8 Å². The molecule has 2 aromatic heterocycles. The Hall–Kier alpha value is -2.92. The van der Waals surface area contributed by atoms with Gasteiger partial charge < -0.3 is 19.1 Å². The van der Waals surface area contributed by atoms with Gasteiger partial charge in [-0.25, -0.2) is 9.97 Å². The molecule has 0 N–H and O–H groups in total. The van der Waals surface area contributed by atoms with Crippen LogP contribution in [0.25, 0.3) is 0 Å². The van der Waals surface area contributed by atoms with E-state index in [1.807, 2.05) is 29.2 Å². The predicted molar refractivity (Wildman–Crippen MR) is 136 cm³/mol. The third kappa shape index (κ3) is 5.98. The molecule has 4 heterocycles. The van der Waals surface area contributed by atoms with Crippen LogP contribution in [-0.4, -0.2) is 60.0 Å². The van der Waals surface area contributed by atoms with Crippen LogP contribution in [0, 0.1) is 0 Å². The summed E-state index contributed by atoms with van der Waals surface area (Å²) in [6.07, 6.45) is -2.66. The summed E-state index contributed by atoms with van der Waals surface area (Å²) >= 11 is 7.35. The van der Waals surface area contributed by atoms with Gasteiger partial charge in [-0.2, -0.15) is 13.2 Å².